The van der Waals surface area contributed by atoms with Crippen LogP contribution in [0.2, 0.25) is 5.02 Å². The zero-order valence-electron chi connectivity index (χ0n) is 14.8. The summed E-state index contributed by atoms with van der Waals surface area (Å²) in [4.78, 5) is 11.9. The van der Waals surface area contributed by atoms with Crippen LogP contribution in [0.25, 0.3) is 16.7 Å². The van der Waals surface area contributed by atoms with Crippen molar-refractivity contribution in [2.45, 2.75) is 19.5 Å². The fourth-order valence-electron chi connectivity index (χ4n) is 2.95. The lowest BCUT2D eigenvalue weighted by Crippen LogP contribution is -2.22. The third-order valence-electron chi connectivity index (χ3n) is 4.38. The fraction of sp³-hybridized carbons (Fsp3) is 0.158. The number of halogens is 1. The average Bonchev–Trinajstić information content (AvgIpc) is 3.18. The molecule has 0 radical (unpaired) electrons. The van der Waals surface area contributed by atoms with Crippen LogP contribution in [0.15, 0.2) is 57.7 Å². The summed E-state index contributed by atoms with van der Waals surface area (Å²) in [5.74, 6) is 0.493. The molecule has 2 N–H and O–H groups in total. The SMILES string of the molecule is CC(NCc1cc(=O)oc2cc(O)c(Cl)cc12)c1nnnn1-c1ccccc1. The predicted molar refractivity (Wildman–Crippen MR) is 104 cm³/mol. The molecule has 0 bridgehead atoms. The number of fused-ring (bicyclic) bond motifs is 1. The second-order valence-corrected chi connectivity index (χ2v) is 6.68. The van der Waals surface area contributed by atoms with Crippen molar-refractivity contribution in [3.8, 4) is 11.4 Å². The van der Waals surface area contributed by atoms with Crippen LogP contribution < -0.4 is 10.9 Å². The van der Waals surface area contributed by atoms with E-state index < -0.39 is 5.63 Å². The van der Waals surface area contributed by atoms with Crippen molar-refractivity contribution >= 4 is 22.6 Å². The summed E-state index contributed by atoms with van der Waals surface area (Å²) in [5, 5.41) is 25.8. The average molecular weight is 398 g/mol. The molecule has 2 aromatic carbocycles. The van der Waals surface area contributed by atoms with Gasteiger partial charge in [-0.25, -0.2) is 4.79 Å². The van der Waals surface area contributed by atoms with E-state index in [0.29, 0.717) is 23.3 Å². The molecular formula is C19H16ClN5O3. The predicted octanol–water partition coefficient (Wildman–Crippen LogP) is 2.98. The quantitative estimate of drug-likeness (QED) is 0.498. The number of phenolic OH excluding ortho intramolecular Hbond substituents is 1. The molecule has 0 aliphatic carbocycles. The first kappa shape index (κ1) is 18.1. The number of phenols is 1. The summed E-state index contributed by atoms with van der Waals surface area (Å²) in [6.45, 7) is 2.28. The van der Waals surface area contributed by atoms with E-state index in [4.69, 9.17) is 16.0 Å². The van der Waals surface area contributed by atoms with Crippen molar-refractivity contribution in [2.75, 3.05) is 0 Å². The minimum absolute atomic E-state index is 0.141. The van der Waals surface area contributed by atoms with Crippen LogP contribution in [0.3, 0.4) is 0 Å². The molecule has 9 heteroatoms. The summed E-state index contributed by atoms with van der Waals surface area (Å²) < 4.78 is 6.81. The van der Waals surface area contributed by atoms with Gasteiger partial charge in [0.05, 0.1) is 16.8 Å². The molecule has 4 rings (SSSR count). The smallest absolute Gasteiger partial charge is 0.336 e. The lowest BCUT2D eigenvalue weighted by molar-refractivity contribution is 0.473. The van der Waals surface area contributed by atoms with Crippen LogP contribution in [0.5, 0.6) is 5.75 Å². The Balaban J connectivity index is 1.62. The Morgan fingerprint density at radius 3 is 2.82 bits per heavy atom. The first-order chi connectivity index (χ1) is 13.5. The van der Waals surface area contributed by atoms with E-state index in [1.807, 2.05) is 37.3 Å². The number of rotatable bonds is 5. The van der Waals surface area contributed by atoms with E-state index >= 15 is 0 Å². The first-order valence-corrected chi connectivity index (χ1v) is 8.93. The molecule has 1 unspecified atom stereocenters. The van der Waals surface area contributed by atoms with Crippen LogP contribution in [0.1, 0.15) is 24.4 Å². The number of aromatic hydroxyl groups is 1. The summed E-state index contributed by atoms with van der Waals surface area (Å²) in [7, 11) is 0. The van der Waals surface area contributed by atoms with Crippen molar-refractivity contribution in [3.63, 3.8) is 0 Å². The summed E-state index contributed by atoms with van der Waals surface area (Å²) in [6.07, 6.45) is 0. The van der Waals surface area contributed by atoms with Gasteiger partial charge in [0.1, 0.15) is 11.3 Å². The number of nitrogens with one attached hydrogen (secondary N) is 1. The molecule has 0 spiro atoms. The molecule has 28 heavy (non-hydrogen) atoms. The molecule has 4 aromatic rings. The van der Waals surface area contributed by atoms with E-state index in [0.717, 1.165) is 5.69 Å². The molecule has 1 atom stereocenters. The number of nitrogens with zero attached hydrogens (tertiary/aromatic N) is 4. The van der Waals surface area contributed by atoms with Crippen LogP contribution in [-0.2, 0) is 6.54 Å². The number of hydrogen-bond donors (Lipinski definition) is 2. The molecule has 0 aliphatic rings. The second kappa shape index (κ2) is 7.41. The number of tetrazole rings is 1. The number of benzene rings is 2. The van der Waals surface area contributed by atoms with Gasteiger partial charge in [-0.2, -0.15) is 4.68 Å². The lowest BCUT2D eigenvalue weighted by Gasteiger charge is -2.14. The maximum absolute atomic E-state index is 11.9. The van der Waals surface area contributed by atoms with Crippen LogP contribution in [0.4, 0.5) is 0 Å². The van der Waals surface area contributed by atoms with E-state index in [9.17, 15) is 9.90 Å². The van der Waals surface area contributed by atoms with Crippen molar-refractivity contribution in [1.82, 2.24) is 25.5 Å². The van der Waals surface area contributed by atoms with Gasteiger partial charge in [0.2, 0.25) is 0 Å². The Bertz CT molecular complexity index is 1190. The van der Waals surface area contributed by atoms with Gasteiger partial charge in [0.15, 0.2) is 5.82 Å². The Morgan fingerprint density at radius 2 is 2.04 bits per heavy atom. The Labute approximate surface area is 164 Å². The molecule has 2 aromatic heterocycles. The normalized spacial score (nSPS) is 12.4. The number of aromatic nitrogens is 4. The van der Waals surface area contributed by atoms with Gasteiger partial charge in [-0.1, -0.05) is 29.8 Å². The summed E-state index contributed by atoms with van der Waals surface area (Å²) >= 11 is 6.01. The van der Waals surface area contributed by atoms with Gasteiger partial charge in [-0.3, -0.25) is 0 Å². The molecule has 0 amide bonds. The van der Waals surface area contributed by atoms with Crippen LogP contribution in [0, 0.1) is 0 Å². The summed E-state index contributed by atoms with van der Waals surface area (Å²) in [6, 6.07) is 13.7. The molecule has 142 valence electrons. The number of para-hydroxylation sites is 1. The third kappa shape index (κ3) is 3.47. The van der Waals surface area contributed by atoms with Gasteiger partial charge in [0, 0.05) is 24.1 Å². The second-order valence-electron chi connectivity index (χ2n) is 6.28. The first-order valence-electron chi connectivity index (χ1n) is 8.55. The van der Waals surface area contributed by atoms with Gasteiger partial charge in [-0.05, 0) is 41.1 Å². The highest BCUT2D eigenvalue weighted by Crippen LogP contribution is 2.30. The van der Waals surface area contributed by atoms with Crippen molar-refractivity contribution < 1.29 is 9.52 Å². The van der Waals surface area contributed by atoms with Gasteiger partial charge in [-0.15, -0.1) is 5.10 Å². The maximum atomic E-state index is 11.9. The maximum Gasteiger partial charge on any atom is 0.336 e. The Morgan fingerprint density at radius 1 is 1.25 bits per heavy atom. The number of hydrogen-bond acceptors (Lipinski definition) is 7. The Kier molecular flexibility index (Phi) is 4.81. The van der Waals surface area contributed by atoms with Crippen molar-refractivity contribution in [3.05, 3.63) is 75.4 Å². The Hall–Kier alpha value is -3.23. The minimum Gasteiger partial charge on any atom is -0.506 e. The molecule has 0 aliphatic heterocycles. The van der Waals surface area contributed by atoms with Crippen LogP contribution >= 0.6 is 11.6 Å². The van der Waals surface area contributed by atoms with Crippen molar-refractivity contribution in [1.29, 1.82) is 0 Å². The fourth-order valence-corrected chi connectivity index (χ4v) is 3.12. The highest BCUT2D eigenvalue weighted by atomic mass is 35.5. The van der Waals surface area contributed by atoms with Gasteiger partial charge >= 0.3 is 5.63 Å². The van der Waals surface area contributed by atoms with Crippen molar-refractivity contribution in [2.24, 2.45) is 0 Å². The zero-order chi connectivity index (χ0) is 19.7. The molecule has 0 saturated heterocycles. The monoisotopic (exact) mass is 397 g/mol. The molecule has 0 saturated carbocycles. The molecule has 0 fully saturated rings. The van der Waals surface area contributed by atoms with Gasteiger partial charge < -0.3 is 14.8 Å². The van der Waals surface area contributed by atoms with E-state index in [1.54, 1.807) is 10.7 Å². The largest absolute Gasteiger partial charge is 0.506 e. The molecule has 8 nitrogen and oxygen atoms in total. The summed E-state index contributed by atoms with van der Waals surface area (Å²) in [5.41, 5.74) is 1.31. The molecular weight excluding hydrogens is 382 g/mol. The third-order valence-corrected chi connectivity index (χ3v) is 4.68. The van der Waals surface area contributed by atoms with Crippen LogP contribution in [-0.4, -0.2) is 25.3 Å². The van der Waals surface area contributed by atoms with Gasteiger partial charge in [0.25, 0.3) is 0 Å². The molecule has 2 heterocycles. The zero-order valence-corrected chi connectivity index (χ0v) is 15.6. The highest BCUT2D eigenvalue weighted by molar-refractivity contribution is 6.32. The van der Waals surface area contributed by atoms with E-state index in [1.165, 1.54) is 12.1 Å². The highest BCUT2D eigenvalue weighted by Gasteiger charge is 2.17. The van der Waals surface area contributed by atoms with E-state index in [-0.39, 0.29) is 22.4 Å². The minimum atomic E-state index is -0.507. The topological polar surface area (TPSA) is 106 Å². The standard InChI is InChI=1S/C19H16ClN5O3/c1-11(19-22-23-24-25(19)13-5-3-2-4-6-13)21-10-12-7-18(27)28-17-9-16(26)15(20)8-14(12)17/h2-9,11,21,26H,10H2,1H3. The van der Waals surface area contributed by atoms with E-state index in [2.05, 4.69) is 20.8 Å². The lowest BCUT2D eigenvalue weighted by atomic mass is 10.1.